The minimum absolute atomic E-state index is 0.740. The van der Waals surface area contributed by atoms with Crippen molar-refractivity contribution >= 4 is 0 Å². The largest absolute Gasteiger partial charge is 0.477 e. The van der Waals surface area contributed by atoms with E-state index < -0.39 is 0 Å². The molecule has 0 radical (unpaired) electrons. The quantitative estimate of drug-likeness (QED) is 0.818. The van der Waals surface area contributed by atoms with Crippen LogP contribution in [-0.2, 0) is 13.0 Å². The fraction of sp³-hybridized carbons (Fsp3) is 0.688. The van der Waals surface area contributed by atoms with E-state index in [4.69, 9.17) is 4.74 Å². The zero-order valence-corrected chi connectivity index (χ0v) is 12.2. The highest BCUT2D eigenvalue weighted by molar-refractivity contribution is 5.25. The molecule has 0 aromatic carbocycles. The fourth-order valence-corrected chi connectivity index (χ4v) is 2.63. The van der Waals surface area contributed by atoms with Crippen molar-refractivity contribution in [1.29, 1.82) is 0 Å². The Morgan fingerprint density at radius 3 is 2.74 bits per heavy atom. The Morgan fingerprint density at radius 1 is 1.26 bits per heavy atom. The van der Waals surface area contributed by atoms with Crippen molar-refractivity contribution in [2.75, 3.05) is 13.2 Å². The van der Waals surface area contributed by atoms with E-state index in [1.165, 1.54) is 31.2 Å². The first-order chi connectivity index (χ1) is 9.31. The summed E-state index contributed by atoms with van der Waals surface area (Å²) in [5.41, 5.74) is 2.40. The number of aryl methyl sites for hydroxylation is 1. The minimum Gasteiger partial charge on any atom is -0.477 e. The Balaban J connectivity index is 1.96. The highest BCUT2D eigenvalue weighted by Gasteiger charge is 2.16. The molecule has 1 aliphatic carbocycles. The molecule has 0 spiro atoms. The van der Waals surface area contributed by atoms with E-state index in [1.54, 1.807) is 0 Å². The van der Waals surface area contributed by atoms with Gasteiger partial charge in [0, 0.05) is 18.3 Å². The third kappa shape index (κ3) is 4.50. The number of ether oxygens (including phenoxy) is 1. The highest BCUT2D eigenvalue weighted by atomic mass is 16.5. The Hall–Kier alpha value is -1.09. The molecule has 0 amide bonds. The van der Waals surface area contributed by atoms with Crippen molar-refractivity contribution in [2.45, 2.75) is 52.5 Å². The zero-order valence-electron chi connectivity index (χ0n) is 12.2. The van der Waals surface area contributed by atoms with E-state index >= 15 is 0 Å². The predicted octanol–water partition coefficient (Wildman–Crippen LogP) is 3.32. The van der Waals surface area contributed by atoms with Crippen LogP contribution in [0.2, 0.25) is 0 Å². The molecule has 1 heterocycles. The minimum atomic E-state index is 0.740. The van der Waals surface area contributed by atoms with Gasteiger partial charge in [0.1, 0.15) is 0 Å². The number of aromatic nitrogens is 1. The second-order valence-corrected chi connectivity index (χ2v) is 5.40. The molecule has 0 saturated heterocycles. The normalized spacial score (nSPS) is 15.9. The molecule has 1 saturated carbocycles. The van der Waals surface area contributed by atoms with Crippen molar-refractivity contribution in [3.8, 4) is 5.88 Å². The van der Waals surface area contributed by atoms with Gasteiger partial charge in [-0.2, -0.15) is 0 Å². The maximum Gasteiger partial charge on any atom is 0.213 e. The predicted molar refractivity (Wildman–Crippen MR) is 78.4 cm³/mol. The lowest BCUT2D eigenvalue weighted by molar-refractivity contribution is 0.243. The SMILES string of the molecule is CCNCc1cc(CC)nc(OCC2CCCC2)c1. The molecule has 0 unspecified atom stereocenters. The van der Waals surface area contributed by atoms with Crippen molar-refractivity contribution in [3.63, 3.8) is 0 Å². The molecule has 1 aromatic heterocycles. The van der Waals surface area contributed by atoms with Crippen LogP contribution in [0.25, 0.3) is 0 Å². The molecule has 0 atom stereocenters. The van der Waals surface area contributed by atoms with Gasteiger partial charge in [0.15, 0.2) is 0 Å². The van der Waals surface area contributed by atoms with Gasteiger partial charge in [-0.1, -0.05) is 26.7 Å². The second kappa shape index (κ2) is 7.49. The van der Waals surface area contributed by atoms with E-state index in [0.29, 0.717) is 0 Å². The Labute approximate surface area is 116 Å². The van der Waals surface area contributed by atoms with Gasteiger partial charge in [-0.05, 0) is 43.4 Å². The molecule has 1 aromatic rings. The summed E-state index contributed by atoms with van der Waals surface area (Å²) in [4.78, 5) is 4.57. The summed E-state index contributed by atoms with van der Waals surface area (Å²) in [6.07, 6.45) is 6.32. The van der Waals surface area contributed by atoms with Crippen molar-refractivity contribution in [2.24, 2.45) is 5.92 Å². The highest BCUT2D eigenvalue weighted by Crippen LogP contribution is 2.25. The monoisotopic (exact) mass is 262 g/mol. The lowest BCUT2D eigenvalue weighted by Gasteiger charge is -2.13. The van der Waals surface area contributed by atoms with Gasteiger partial charge in [0.25, 0.3) is 0 Å². The van der Waals surface area contributed by atoms with E-state index in [0.717, 1.165) is 43.6 Å². The summed E-state index contributed by atoms with van der Waals surface area (Å²) in [5.74, 6) is 1.54. The molecule has 1 aliphatic rings. The number of nitrogens with one attached hydrogen (secondary N) is 1. The lowest BCUT2D eigenvalue weighted by atomic mass is 10.1. The summed E-state index contributed by atoms with van der Waals surface area (Å²) in [6.45, 7) is 6.98. The number of rotatable bonds is 7. The van der Waals surface area contributed by atoms with Crippen molar-refractivity contribution < 1.29 is 4.74 Å². The summed E-state index contributed by atoms with van der Waals surface area (Å²) in [7, 11) is 0. The van der Waals surface area contributed by atoms with Crippen LogP contribution in [0.3, 0.4) is 0 Å². The first-order valence-electron chi connectivity index (χ1n) is 7.65. The molecule has 1 N–H and O–H groups in total. The summed E-state index contributed by atoms with van der Waals surface area (Å²) < 4.78 is 5.91. The van der Waals surface area contributed by atoms with Crippen LogP contribution in [0, 0.1) is 5.92 Å². The summed E-state index contributed by atoms with van der Waals surface area (Å²) in [5, 5.41) is 3.36. The lowest BCUT2D eigenvalue weighted by Crippen LogP contribution is -2.13. The van der Waals surface area contributed by atoms with E-state index in [2.05, 4.69) is 36.3 Å². The molecule has 106 valence electrons. The first kappa shape index (κ1) is 14.3. The van der Waals surface area contributed by atoms with Gasteiger partial charge >= 0.3 is 0 Å². The van der Waals surface area contributed by atoms with Crippen LogP contribution in [0.1, 0.15) is 50.8 Å². The van der Waals surface area contributed by atoms with Crippen LogP contribution >= 0.6 is 0 Å². The fourth-order valence-electron chi connectivity index (χ4n) is 2.63. The third-order valence-electron chi connectivity index (χ3n) is 3.80. The van der Waals surface area contributed by atoms with Gasteiger partial charge < -0.3 is 10.1 Å². The zero-order chi connectivity index (χ0) is 13.5. The standard InChI is InChI=1S/C16H26N2O/c1-3-15-9-14(11-17-4-2)10-16(18-15)19-12-13-7-5-6-8-13/h9-10,13,17H,3-8,11-12H2,1-2H3. The maximum absolute atomic E-state index is 5.91. The number of nitrogens with zero attached hydrogens (tertiary/aromatic N) is 1. The van der Waals surface area contributed by atoms with Crippen molar-refractivity contribution in [3.05, 3.63) is 23.4 Å². The molecule has 2 rings (SSSR count). The number of hydrogen-bond acceptors (Lipinski definition) is 3. The molecule has 0 aliphatic heterocycles. The molecule has 3 heteroatoms. The van der Waals surface area contributed by atoms with E-state index in [-0.39, 0.29) is 0 Å². The molecular formula is C16H26N2O. The van der Waals surface area contributed by atoms with Gasteiger partial charge in [-0.25, -0.2) is 4.98 Å². The molecule has 0 bridgehead atoms. The van der Waals surface area contributed by atoms with Crippen LogP contribution < -0.4 is 10.1 Å². The van der Waals surface area contributed by atoms with Crippen LogP contribution in [0.4, 0.5) is 0 Å². The molecular weight excluding hydrogens is 236 g/mol. The number of hydrogen-bond donors (Lipinski definition) is 1. The smallest absolute Gasteiger partial charge is 0.213 e. The van der Waals surface area contributed by atoms with Crippen molar-refractivity contribution in [1.82, 2.24) is 10.3 Å². The van der Waals surface area contributed by atoms with Gasteiger partial charge in [0.05, 0.1) is 6.61 Å². The third-order valence-corrected chi connectivity index (χ3v) is 3.80. The Bertz CT molecular complexity index is 386. The molecule has 19 heavy (non-hydrogen) atoms. The second-order valence-electron chi connectivity index (χ2n) is 5.40. The topological polar surface area (TPSA) is 34.2 Å². The van der Waals surface area contributed by atoms with Gasteiger partial charge in [-0.15, -0.1) is 0 Å². The molecule has 3 nitrogen and oxygen atoms in total. The van der Waals surface area contributed by atoms with Crippen LogP contribution in [-0.4, -0.2) is 18.1 Å². The summed E-state index contributed by atoms with van der Waals surface area (Å²) >= 11 is 0. The van der Waals surface area contributed by atoms with Crippen LogP contribution in [0.5, 0.6) is 5.88 Å². The average molecular weight is 262 g/mol. The van der Waals surface area contributed by atoms with Gasteiger partial charge in [-0.3, -0.25) is 0 Å². The first-order valence-corrected chi connectivity index (χ1v) is 7.65. The summed E-state index contributed by atoms with van der Waals surface area (Å²) in [6, 6.07) is 4.25. The molecule has 1 fully saturated rings. The average Bonchev–Trinajstić information content (AvgIpc) is 2.96. The van der Waals surface area contributed by atoms with Crippen LogP contribution in [0.15, 0.2) is 12.1 Å². The van der Waals surface area contributed by atoms with E-state index in [9.17, 15) is 0 Å². The maximum atomic E-state index is 5.91. The Morgan fingerprint density at radius 2 is 2.05 bits per heavy atom. The Kier molecular flexibility index (Phi) is 5.64. The van der Waals surface area contributed by atoms with E-state index in [1.807, 2.05) is 0 Å². The number of pyridine rings is 1. The van der Waals surface area contributed by atoms with Gasteiger partial charge in [0.2, 0.25) is 5.88 Å².